The van der Waals surface area contributed by atoms with E-state index in [1.807, 2.05) is 6.07 Å². The largest absolute Gasteiger partial charge is 0.399 e. The highest BCUT2D eigenvalue weighted by Gasteiger charge is 2.07. The first-order valence-corrected chi connectivity index (χ1v) is 4.32. The minimum absolute atomic E-state index is 0.335. The molecular formula is C10H9N5. The van der Waals surface area contributed by atoms with Gasteiger partial charge in [0.05, 0.1) is 11.9 Å². The van der Waals surface area contributed by atoms with Gasteiger partial charge in [-0.2, -0.15) is 10.4 Å². The second kappa shape index (κ2) is 3.35. The molecule has 0 atom stereocenters. The first kappa shape index (κ1) is 9.09. The lowest BCUT2D eigenvalue weighted by atomic mass is 10.3. The summed E-state index contributed by atoms with van der Waals surface area (Å²) < 4.78 is 1.50. The zero-order valence-corrected chi connectivity index (χ0v) is 7.88. The average molecular weight is 199 g/mol. The van der Waals surface area contributed by atoms with E-state index >= 15 is 0 Å². The summed E-state index contributed by atoms with van der Waals surface area (Å²) in [4.78, 5) is 0. The lowest BCUT2D eigenvalue weighted by Gasteiger charge is -2.03. The Morgan fingerprint density at radius 3 is 2.40 bits per heavy atom. The number of benzene rings is 1. The fourth-order valence-corrected chi connectivity index (χ4v) is 1.27. The third-order valence-electron chi connectivity index (χ3n) is 2.06. The van der Waals surface area contributed by atoms with E-state index in [0.29, 0.717) is 17.1 Å². The van der Waals surface area contributed by atoms with Crippen LogP contribution in [0.1, 0.15) is 5.56 Å². The van der Waals surface area contributed by atoms with Crippen LogP contribution in [0.2, 0.25) is 0 Å². The molecule has 5 heteroatoms. The van der Waals surface area contributed by atoms with Crippen molar-refractivity contribution in [2.24, 2.45) is 0 Å². The Morgan fingerprint density at radius 1 is 1.20 bits per heavy atom. The van der Waals surface area contributed by atoms with Crippen LogP contribution in [0.25, 0.3) is 5.69 Å². The number of aromatic nitrogens is 2. The van der Waals surface area contributed by atoms with E-state index in [1.165, 1.54) is 10.9 Å². The van der Waals surface area contributed by atoms with Crippen LogP contribution in [0.4, 0.5) is 11.5 Å². The molecule has 0 saturated carbocycles. The minimum atomic E-state index is 0.335. The van der Waals surface area contributed by atoms with Crippen molar-refractivity contribution in [2.75, 3.05) is 11.5 Å². The molecule has 1 heterocycles. The number of nitrogen functional groups attached to an aromatic ring is 2. The Bertz CT molecular complexity index is 518. The highest BCUT2D eigenvalue weighted by Crippen LogP contribution is 2.16. The number of hydrogen-bond acceptors (Lipinski definition) is 4. The molecule has 1 aromatic heterocycles. The molecule has 0 aliphatic rings. The van der Waals surface area contributed by atoms with E-state index in [0.717, 1.165) is 5.69 Å². The highest BCUT2D eigenvalue weighted by atomic mass is 15.3. The van der Waals surface area contributed by atoms with Crippen molar-refractivity contribution < 1.29 is 0 Å². The summed E-state index contributed by atoms with van der Waals surface area (Å²) in [6.45, 7) is 0. The lowest BCUT2D eigenvalue weighted by Crippen LogP contribution is -2.02. The van der Waals surface area contributed by atoms with E-state index in [9.17, 15) is 0 Å². The van der Waals surface area contributed by atoms with Crippen LogP contribution in [0.3, 0.4) is 0 Å². The second-order valence-electron chi connectivity index (χ2n) is 3.06. The van der Waals surface area contributed by atoms with Crippen LogP contribution in [-0.2, 0) is 0 Å². The lowest BCUT2D eigenvalue weighted by molar-refractivity contribution is 0.891. The Balaban J connectivity index is 2.51. The molecule has 5 nitrogen and oxygen atoms in total. The maximum Gasteiger partial charge on any atom is 0.145 e. The van der Waals surface area contributed by atoms with Gasteiger partial charge in [0.1, 0.15) is 17.5 Å². The van der Waals surface area contributed by atoms with Crippen LogP contribution in [0.5, 0.6) is 0 Å². The molecule has 0 saturated heterocycles. The van der Waals surface area contributed by atoms with Crippen molar-refractivity contribution in [1.29, 1.82) is 5.26 Å². The Kier molecular flexibility index (Phi) is 2.03. The molecular weight excluding hydrogens is 190 g/mol. The normalized spacial score (nSPS) is 9.80. The number of nitrogens with zero attached hydrogens (tertiary/aromatic N) is 3. The molecule has 1 aromatic carbocycles. The first-order chi connectivity index (χ1) is 7.22. The van der Waals surface area contributed by atoms with Crippen molar-refractivity contribution in [1.82, 2.24) is 9.78 Å². The molecule has 0 fully saturated rings. The Morgan fingerprint density at radius 2 is 1.87 bits per heavy atom. The number of nitriles is 1. The van der Waals surface area contributed by atoms with E-state index in [-0.39, 0.29) is 0 Å². The molecule has 0 unspecified atom stereocenters. The van der Waals surface area contributed by atoms with Gasteiger partial charge in [-0.1, -0.05) is 0 Å². The van der Waals surface area contributed by atoms with E-state index in [2.05, 4.69) is 5.10 Å². The molecule has 15 heavy (non-hydrogen) atoms. The van der Waals surface area contributed by atoms with Gasteiger partial charge in [0, 0.05) is 5.69 Å². The van der Waals surface area contributed by atoms with E-state index < -0.39 is 0 Å². The summed E-state index contributed by atoms with van der Waals surface area (Å²) in [6.07, 6.45) is 1.44. The monoisotopic (exact) mass is 199 g/mol. The number of anilines is 2. The molecule has 0 bridgehead atoms. The highest BCUT2D eigenvalue weighted by molar-refractivity contribution is 5.54. The van der Waals surface area contributed by atoms with Crippen LogP contribution in [0, 0.1) is 11.3 Å². The molecule has 0 aliphatic heterocycles. The third kappa shape index (κ3) is 1.48. The fraction of sp³-hybridized carbons (Fsp3) is 0. The van der Waals surface area contributed by atoms with Crippen LogP contribution in [0.15, 0.2) is 30.5 Å². The van der Waals surface area contributed by atoms with Gasteiger partial charge in [0.25, 0.3) is 0 Å². The van der Waals surface area contributed by atoms with Crippen molar-refractivity contribution in [3.8, 4) is 11.8 Å². The maximum absolute atomic E-state index is 8.72. The molecule has 0 radical (unpaired) electrons. The SMILES string of the molecule is N#Cc1cnn(-c2ccc(N)cc2)c1N. The number of nitrogens with two attached hydrogens (primary N) is 2. The molecule has 0 amide bonds. The van der Waals surface area contributed by atoms with Crippen LogP contribution < -0.4 is 11.5 Å². The smallest absolute Gasteiger partial charge is 0.145 e. The van der Waals surface area contributed by atoms with E-state index in [1.54, 1.807) is 24.3 Å². The standard InChI is InChI=1S/C10H9N5/c11-5-7-6-14-15(10(7)13)9-3-1-8(12)2-4-9/h1-4,6H,12-13H2. The zero-order chi connectivity index (χ0) is 10.8. The van der Waals surface area contributed by atoms with Crippen molar-refractivity contribution in [3.05, 3.63) is 36.0 Å². The topological polar surface area (TPSA) is 93.6 Å². The summed E-state index contributed by atoms with van der Waals surface area (Å²) >= 11 is 0. The van der Waals surface area contributed by atoms with Gasteiger partial charge in [-0.25, -0.2) is 4.68 Å². The van der Waals surface area contributed by atoms with Crippen molar-refractivity contribution >= 4 is 11.5 Å². The predicted molar refractivity (Wildman–Crippen MR) is 57.1 cm³/mol. The number of rotatable bonds is 1. The predicted octanol–water partition coefficient (Wildman–Crippen LogP) is 0.908. The van der Waals surface area contributed by atoms with Gasteiger partial charge in [-0.05, 0) is 24.3 Å². The first-order valence-electron chi connectivity index (χ1n) is 4.32. The Labute approximate surface area is 86.5 Å². The van der Waals surface area contributed by atoms with Gasteiger partial charge in [0.15, 0.2) is 0 Å². The summed E-state index contributed by atoms with van der Waals surface area (Å²) in [5, 5.41) is 12.7. The molecule has 2 rings (SSSR count). The number of hydrogen-bond donors (Lipinski definition) is 2. The summed E-state index contributed by atoms with van der Waals surface area (Å²) in [7, 11) is 0. The third-order valence-corrected chi connectivity index (χ3v) is 2.06. The molecule has 0 aliphatic carbocycles. The maximum atomic E-state index is 8.72. The van der Waals surface area contributed by atoms with Gasteiger partial charge in [0.2, 0.25) is 0 Å². The van der Waals surface area contributed by atoms with Crippen molar-refractivity contribution in [2.45, 2.75) is 0 Å². The van der Waals surface area contributed by atoms with Crippen LogP contribution >= 0.6 is 0 Å². The summed E-state index contributed by atoms with van der Waals surface area (Å²) in [5.41, 5.74) is 13.1. The quantitative estimate of drug-likeness (QED) is 0.667. The van der Waals surface area contributed by atoms with Gasteiger partial charge >= 0.3 is 0 Å². The molecule has 0 spiro atoms. The van der Waals surface area contributed by atoms with Gasteiger partial charge < -0.3 is 11.5 Å². The summed E-state index contributed by atoms with van der Waals surface area (Å²) in [5.74, 6) is 0.335. The molecule has 4 N–H and O–H groups in total. The fourth-order valence-electron chi connectivity index (χ4n) is 1.27. The van der Waals surface area contributed by atoms with E-state index in [4.69, 9.17) is 16.7 Å². The van der Waals surface area contributed by atoms with Crippen molar-refractivity contribution in [3.63, 3.8) is 0 Å². The zero-order valence-electron chi connectivity index (χ0n) is 7.88. The van der Waals surface area contributed by atoms with Gasteiger partial charge in [-0.15, -0.1) is 0 Å². The van der Waals surface area contributed by atoms with Crippen LogP contribution in [-0.4, -0.2) is 9.78 Å². The average Bonchev–Trinajstić information content (AvgIpc) is 2.61. The minimum Gasteiger partial charge on any atom is -0.399 e. The molecule has 74 valence electrons. The Hall–Kier alpha value is -2.48. The van der Waals surface area contributed by atoms with Gasteiger partial charge in [-0.3, -0.25) is 0 Å². The second-order valence-corrected chi connectivity index (χ2v) is 3.06. The molecule has 2 aromatic rings. The summed E-state index contributed by atoms with van der Waals surface area (Å²) in [6, 6.07) is 9.05.